The van der Waals surface area contributed by atoms with Gasteiger partial charge >= 0.3 is 6.03 Å². The Kier molecular flexibility index (Phi) is 2.72. The Balaban J connectivity index is 1.98. The van der Waals surface area contributed by atoms with Gasteiger partial charge in [0, 0.05) is 37.7 Å². The normalized spacial score (nSPS) is 10.4. The van der Waals surface area contributed by atoms with Crippen molar-refractivity contribution < 1.29 is 4.79 Å². The third kappa shape index (κ3) is 2.10. The maximum absolute atomic E-state index is 11.6. The van der Waals surface area contributed by atoms with Crippen molar-refractivity contribution in [2.45, 2.75) is 13.5 Å². The summed E-state index contributed by atoms with van der Waals surface area (Å²) in [6.45, 7) is 2.38. The molecule has 6 nitrogen and oxygen atoms in total. The number of nitrogens with one attached hydrogen (secondary N) is 1. The Morgan fingerprint density at radius 1 is 1.56 bits per heavy atom. The van der Waals surface area contributed by atoms with E-state index in [4.69, 9.17) is 0 Å². The first-order chi connectivity index (χ1) is 7.66. The number of aromatic nitrogens is 4. The van der Waals surface area contributed by atoms with Gasteiger partial charge < -0.3 is 5.32 Å². The van der Waals surface area contributed by atoms with Gasteiger partial charge in [-0.15, -0.1) is 0 Å². The third-order valence-electron chi connectivity index (χ3n) is 2.28. The Labute approximate surface area is 92.9 Å². The first-order valence-electron chi connectivity index (χ1n) is 4.92. The minimum atomic E-state index is -0.194. The van der Waals surface area contributed by atoms with Crippen molar-refractivity contribution in [3.05, 3.63) is 36.2 Å². The van der Waals surface area contributed by atoms with Crippen LogP contribution in [-0.2, 0) is 13.6 Å². The van der Waals surface area contributed by atoms with E-state index < -0.39 is 0 Å². The van der Waals surface area contributed by atoms with Crippen LogP contribution in [0.4, 0.5) is 4.79 Å². The number of hydrogen-bond donors (Lipinski definition) is 1. The fraction of sp³-hybridized carbons (Fsp3) is 0.300. The summed E-state index contributed by atoms with van der Waals surface area (Å²) in [5.41, 5.74) is 1.93. The van der Waals surface area contributed by atoms with Crippen LogP contribution in [-0.4, -0.2) is 25.4 Å². The van der Waals surface area contributed by atoms with Crippen molar-refractivity contribution in [3.8, 4) is 0 Å². The van der Waals surface area contributed by atoms with Gasteiger partial charge in [-0.3, -0.25) is 9.25 Å². The van der Waals surface area contributed by atoms with Crippen molar-refractivity contribution >= 4 is 6.03 Å². The lowest BCUT2D eigenvalue weighted by molar-refractivity contribution is 0.242. The summed E-state index contributed by atoms with van der Waals surface area (Å²) in [5.74, 6) is 0. The summed E-state index contributed by atoms with van der Waals surface area (Å²) in [6.07, 6.45) is 6.52. The van der Waals surface area contributed by atoms with Gasteiger partial charge in [0.25, 0.3) is 0 Å². The van der Waals surface area contributed by atoms with Crippen molar-refractivity contribution in [2.75, 3.05) is 0 Å². The molecule has 0 atom stereocenters. The lowest BCUT2D eigenvalue weighted by atomic mass is 10.3. The van der Waals surface area contributed by atoms with E-state index in [1.54, 1.807) is 17.1 Å². The number of hydrogen-bond acceptors (Lipinski definition) is 3. The van der Waals surface area contributed by atoms with E-state index in [0.29, 0.717) is 6.54 Å². The number of nitrogens with zero attached hydrogens (tertiary/aromatic N) is 4. The van der Waals surface area contributed by atoms with Crippen LogP contribution in [0.5, 0.6) is 0 Å². The zero-order chi connectivity index (χ0) is 11.5. The Morgan fingerprint density at radius 2 is 2.38 bits per heavy atom. The summed E-state index contributed by atoms with van der Waals surface area (Å²) in [4.78, 5) is 15.4. The van der Waals surface area contributed by atoms with Gasteiger partial charge in [-0.1, -0.05) is 0 Å². The minimum absolute atomic E-state index is 0.194. The lowest BCUT2D eigenvalue weighted by Crippen LogP contribution is -2.27. The second-order valence-electron chi connectivity index (χ2n) is 3.54. The molecule has 16 heavy (non-hydrogen) atoms. The van der Waals surface area contributed by atoms with Gasteiger partial charge in [0.15, 0.2) is 0 Å². The molecule has 2 aromatic rings. The molecule has 0 unspecified atom stereocenters. The van der Waals surface area contributed by atoms with Gasteiger partial charge in [0.05, 0.1) is 5.69 Å². The SMILES string of the molecule is Cc1nn(C)cc1CNC(=O)n1ccnc1. The van der Waals surface area contributed by atoms with Crippen LogP contribution in [0.1, 0.15) is 11.3 Å². The van der Waals surface area contributed by atoms with Crippen molar-refractivity contribution in [3.63, 3.8) is 0 Å². The van der Waals surface area contributed by atoms with Gasteiger partial charge in [-0.2, -0.15) is 5.10 Å². The number of aryl methyl sites for hydroxylation is 2. The van der Waals surface area contributed by atoms with Gasteiger partial charge in [-0.05, 0) is 6.92 Å². The van der Waals surface area contributed by atoms with Gasteiger partial charge in [0.1, 0.15) is 6.33 Å². The van der Waals surface area contributed by atoms with Crippen molar-refractivity contribution in [2.24, 2.45) is 7.05 Å². The molecule has 0 saturated heterocycles. The first kappa shape index (κ1) is 10.4. The zero-order valence-electron chi connectivity index (χ0n) is 9.21. The number of carbonyl (C=O) groups is 1. The summed E-state index contributed by atoms with van der Waals surface area (Å²) >= 11 is 0. The van der Waals surface area contributed by atoms with Crippen molar-refractivity contribution in [1.29, 1.82) is 0 Å². The molecule has 2 heterocycles. The second kappa shape index (κ2) is 4.18. The zero-order valence-corrected chi connectivity index (χ0v) is 9.21. The van der Waals surface area contributed by atoms with E-state index >= 15 is 0 Å². The lowest BCUT2D eigenvalue weighted by Gasteiger charge is -2.03. The fourth-order valence-electron chi connectivity index (χ4n) is 1.46. The summed E-state index contributed by atoms with van der Waals surface area (Å²) in [6, 6.07) is -0.194. The molecular formula is C10H13N5O. The Morgan fingerprint density at radius 3 is 2.94 bits per heavy atom. The molecule has 84 valence electrons. The number of amides is 1. The van der Waals surface area contributed by atoms with E-state index in [-0.39, 0.29) is 6.03 Å². The average Bonchev–Trinajstić information content (AvgIpc) is 2.84. The molecule has 1 amide bonds. The number of imidazole rings is 1. The smallest absolute Gasteiger partial charge is 0.327 e. The molecule has 0 aliphatic heterocycles. The molecule has 1 N–H and O–H groups in total. The Hall–Kier alpha value is -2.11. The first-order valence-corrected chi connectivity index (χ1v) is 4.92. The van der Waals surface area contributed by atoms with E-state index in [2.05, 4.69) is 15.4 Å². The topological polar surface area (TPSA) is 64.7 Å². The molecule has 0 aliphatic rings. The highest BCUT2D eigenvalue weighted by atomic mass is 16.2. The molecule has 0 fully saturated rings. The molecule has 0 saturated carbocycles. The van der Waals surface area contributed by atoms with Crippen LogP contribution in [0.15, 0.2) is 24.9 Å². The third-order valence-corrected chi connectivity index (χ3v) is 2.28. The van der Waals surface area contributed by atoms with E-state index in [1.807, 2.05) is 20.2 Å². The number of carbonyl (C=O) groups excluding carboxylic acids is 1. The predicted octanol–water partition coefficient (Wildman–Crippen LogP) is 0.683. The highest BCUT2D eigenvalue weighted by Crippen LogP contribution is 2.03. The van der Waals surface area contributed by atoms with Crippen LogP contribution in [0.3, 0.4) is 0 Å². The molecule has 0 bridgehead atoms. The average molecular weight is 219 g/mol. The fourth-order valence-corrected chi connectivity index (χ4v) is 1.46. The van der Waals surface area contributed by atoms with Gasteiger partial charge in [-0.25, -0.2) is 9.78 Å². The van der Waals surface area contributed by atoms with Crippen LogP contribution < -0.4 is 5.32 Å². The highest BCUT2D eigenvalue weighted by molar-refractivity contribution is 5.76. The highest BCUT2D eigenvalue weighted by Gasteiger charge is 2.06. The largest absolute Gasteiger partial charge is 0.333 e. The van der Waals surface area contributed by atoms with Crippen molar-refractivity contribution in [1.82, 2.24) is 24.6 Å². The monoisotopic (exact) mass is 219 g/mol. The second-order valence-corrected chi connectivity index (χ2v) is 3.54. The Bertz CT molecular complexity index is 485. The van der Waals surface area contributed by atoms with E-state index in [9.17, 15) is 4.79 Å². The molecule has 2 rings (SSSR count). The standard InChI is InChI=1S/C10H13N5O/c1-8-9(6-14(2)13-8)5-12-10(16)15-4-3-11-7-15/h3-4,6-7H,5H2,1-2H3,(H,12,16). The predicted molar refractivity (Wildman–Crippen MR) is 57.8 cm³/mol. The molecule has 6 heteroatoms. The summed E-state index contributed by atoms with van der Waals surface area (Å²) < 4.78 is 3.12. The van der Waals surface area contributed by atoms with Crippen LogP contribution in [0.2, 0.25) is 0 Å². The number of rotatable bonds is 2. The van der Waals surface area contributed by atoms with Crippen LogP contribution in [0.25, 0.3) is 0 Å². The quantitative estimate of drug-likeness (QED) is 0.807. The molecule has 0 aromatic carbocycles. The molecule has 0 aliphatic carbocycles. The van der Waals surface area contributed by atoms with E-state index in [1.165, 1.54) is 10.9 Å². The van der Waals surface area contributed by atoms with Crippen LogP contribution in [0, 0.1) is 6.92 Å². The molecular weight excluding hydrogens is 206 g/mol. The minimum Gasteiger partial charge on any atom is -0.333 e. The summed E-state index contributed by atoms with van der Waals surface area (Å²) in [5, 5.41) is 6.98. The van der Waals surface area contributed by atoms with Gasteiger partial charge in [0.2, 0.25) is 0 Å². The molecule has 0 spiro atoms. The van der Waals surface area contributed by atoms with Crippen LogP contribution >= 0.6 is 0 Å². The molecule has 0 radical (unpaired) electrons. The maximum atomic E-state index is 11.6. The molecule has 2 aromatic heterocycles. The summed E-state index contributed by atoms with van der Waals surface area (Å²) in [7, 11) is 1.86. The maximum Gasteiger partial charge on any atom is 0.327 e. The van der Waals surface area contributed by atoms with E-state index in [0.717, 1.165) is 11.3 Å².